The fourth-order valence-corrected chi connectivity index (χ4v) is 2.68. The van der Waals surface area contributed by atoms with Crippen molar-refractivity contribution in [3.63, 3.8) is 0 Å². The van der Waals surface area contributed by atoms with Gasteiger partial charge in [0, 0.05) is 17.9 Å². The van der Waals surface area contributed by atoms with Gasteiger partial charge in [-0.15, -0.1) is 0 Å². The summed E-state index contributed by atoms with van der Waals surface area (Å²) in [6.07, 6.45) is 3.39. The molecular weight excluding hydrogens is 218 g/mol. The zero-order valence-corrected chi connectivity index (χ0v) is 8.93. The van der Waals surface area contributed by atoms with Gasteiger partial charge in [-0.3, -0.25) is 4.79 Å². The van der Waals surface area contributed by atoms with Crippen molar-refractivity contribution in [1.82, 2.24) is 4.90 Å². The first-order valence-corrected chi connectivity index (χ1v) is 5.49. The maximum atomic E-state index is 11.8. The van der Waals surface area contributed by atoms with Gasteiger partial charge < -0.3 is 4.90 Å². The van der Waals surface area contributed by atoms with E-state index in [2.05, 4.69) is 22.9 Å². The van der Waals surface area contributed by atoms with Crippen molar-refractivity contribution < 1.29 is 4.79 Å². The number of hydrogen-bond acceptors (Lipinski definition) is 1. The Morgan fingerprint density at radius 3 is 2.42 bits per heavy atom. The lowest BCUT2D eigenvalue weighted by atomic mass is 10.1. The van der Waals surface area contributed by atoms with Gasteiger partial charge in [-0.05, 0) is 26.2 Å². The van der Waals surface area contributed by atoms with E-state index in [1.807, 2.05) is 4.90 Å². The monoisotopic (exact) mass is 231 g/mol. The zero-order chi connectivity index (χ0) is 8.77. The van der Waals surface area contributed by atoms with Gasteiger partial charge in [0.1, 0.15) is 0 Å². The van der Waals surface area contributed by atoms with E-state index in [0.29, 0.717) is 10.7 Å². The molecule has 0 N–H and O–H groups in total. The average Bonchev–Trinajstić information content (AvgIpc) is 2.59. The van der Waals surface area contributed by atoms with E-state index < -0.39 is 0 Å². The van der Waals surface area contributed by atoms with E-state index in [1.54, 1.807) is 0 Å². The molecular formula is C9H14BrNO. The van der Waals surface area contributed by atoms with E-state index in [4.69, 9.17) is 0 Å². The second-order valence-electron chi connectivity index (χ2n) is 4.09. The molecule has 1 saturated heterocycles. The average molecular weight is 232 g/mol. The van der Waals surface area contributed by atoms with Crippen LogP contribution < -0.4 is 0 Å². The highest BCUT2D eigenvalue weighted by atomic mass is 79.9. The number of rotatable bonds is 1. The van der Waals surface area contributed by atoms with Crippen LogP contribution in [-0.4, -0.2) is 28.7 Å². The standard InChI is InChI=1S/C9H14BrNO/c1-9(6-7(9)10)8(12)11-4-2-3-5-11/h7H,2-6H2,1H3. The molecule has 2 aliphatic rings. The molecule has 2 fully saturated rings. The van der Waals surface area contributed by atoms with Crippen LogP contribution in [0.4, 0.5) is 0 Å². The zero-order valence-electron chi connectivity index (χ0n) is 7.35. The van der Waals surface area contributed by atoms with E-state index in [1.165, 1.54) is 12.8 Å². The Morgan fingerprint density at radius 1 is 1.50 bits per heavy atom. The Kier molecular flexibility index (Phi) is 1.94. The third-order valence-corrected chi connectivity index (χ3v) is 4.35. The van der Waals surface area contributed by atoms with Crippen LogP contribution in [0.2, 0.25) is 0 Å². The van der Waals surface area contributed by atoms with Crippen molar-refractivity contribution in [3.05, 3.63) is 0 Å². The molecule has 3 heteroatoms. The molecule has 1 saturated carbocycles. The highest BCUT2D eigenvalue weighted by molar-refractivity contribution is 9.09. The van der Waals surface area contributed by atoms with Crippen LogP contribution in [0.1, 0.15) is 26.2 Å². The summed E-state index contributed by atoms with van der Waals surface area (Å²) in [4.78, 5) is 14.3. The fraction of sp³-hybridized carbons (Fsp3) is 0.889. The highest BCUT2D eigenvalue weighted by Gasteiger charge is 2.56. The van der Waals surface area contributed by atoms with Gasteiger partial charge in [0.25, 0.3) is 0 Å². The topological polar surface area (TPSA) is 20.3 Å². The maximum Gasteiger partial charge on any atom is 0.229 e. The first kappa shape index (κ1) is 8.54. The summed E-state index contributed by atoms with van der Waals surface area (Å²) in [5.41, 5.74) is -0.0651. The van der Waals surface area contributed by atoms with Crippen molar-refractivity contribution in [1.29, 1.82) is 0 Å². The minimum atomic E-state index is -0.0651. The van der Waals surface area contributed by atoms with Gasteiger partial charge in [0.2, 0.25) is 5.91 Å². The number of carbonyl (C=O) groups is 1. The summed E-state index contributed by atoms with van der Waals surface area (Å²) >= 11 is 3.50. The maximum absolute atomic E-state index is 11.8. The van der Waals surface area contributed by atoms with Gasteiger partial charge in [-0.25, -0.2) is 0 Å². The molecule has 0 bridgehead atoms. The van der Waals surface area contributed by atoms with Gasteiger partial charge in [0.15, 0.2) is 0 Å². The fourth-order valence-electron chi connectivity index (χ4n) is 1.82. The molecule has 0 aromatic heterocycles. The van der Waals surface area contributed by atoms with Crippen LogP contribution in [0.25, 0.3) is 0 Å². The third-order valence-electron chi connectivity index (χ3n) is 3.02. The normalized spacial score (nSPS) is 40.2. The molecule has 0 radical (unpaired) electrons. The molecule has 1 amide bonds. The smallest absolute Gasteiger partial charge is 0.229 e. The number of alkyl halides is 1. The molecule has 2 unspecified atom stereocenters. The lowest BCUT2D eigenvalue weighted by molar-refractivity contribution is -0.135. The summed E-state index contributed by atoms with van der Waals surface area (Å²) in [5.74, 6) is 0.363. The number of halogens is 1. The van der Waals surface area contributed by atoms with E-state index >= 15 is 0 Å². The number of carbonyl (C=O) groups excluding carboxylic acids is 1. The first-order valence-electron chi connectivity index (χ1n) is 4.58. The molecule has 1 aliphatic heterocycles. The SMILES string of the molecule is CC1(C(=O)N2CCCC2)CC1Br. The van der Waals surface area contributed by atoms with E-state index in [0.717, 1.165) is 19.5 Å². The predicted molar refractivity (Wildman–Crippen MR) is 51.3 cm³/mol. The molecule has 1 aliphatic carbocycles. The number of amides is 1. The Bertz CT molecular complexity index is 213. The van der Waals surface area contributed by atoms with Crippen molar-refractivity contribution in [2.75, 3.05) is 13.1 Å². The number of hydrogen-bond donors (Lipinski definition) is 0. The Morgan fingerprint density at radius 2 is 2.00 bits per heavy atom. The molecule has 0 aromatic rings. The Hall–Kier alpha value is -0.0500. The molecule has 2 rings (SSSR count). The minimum absolute atomic E-state index is 0.0651. The molecule has 0 aromatic carbocycles. The van der Waals surface area contributed by atoms with Crippen molar-refractivity contribution >= 4 is 21.8 Å². The second kappa shape index (κ2) is 2.72. The lowest BCUT2D eigenvalue weighted by Crippen LogP contribution is -2.34. The van der Waals surface area contributed by atoms with E-state index in [9.17, 15) is 4.79 Å². The lowest BCUT2D eigenvalue weighted by Gasteiger charge is -2.19. The predicted octanol–water partition coefficient (Wildman–Crippen LogP) is 1.78. The van der Waals surface area contributed by atoms with Crippen molar-refractivity contribution in [2.45, 2.75) is 31.0 Å². The van der Waals surface area contributed by atoms with E-state index in [-0.39, 0.29) is 5.41 Å². The first-order chi connectivity index (χ1) is 5.64. The molecule has 0 spiro atoms. The van der Waals surface area contributed by atoms with Gasteiger partial charge >= 0.3 is 0 Å². The summed E-state index contributed by atoms with van der Waals surface area (Å²) in [6, 6.07) is 0. The molecule has 2 nitrogen and oxygen atoms in total. The van der Waals surface area contributed by atoms with Crippen LogP contribution in [0.3, 0.4) is 0 Å². The second-order valence-corrected chi connectivity index (χ2v) is 5.19. The summed E-state index contributed by atoms with van der Waals surface area (Å²) in [7, 11) is 0. The Balaban J connectivity index is 2.00. The number of likely N-dealkylation sites (tertiary alicyclic amines) is 1. The highest BCUT2D eigenvalue weighted by Crippen LogP contribution is 2.52. The molecule has 1 heterocycles. The van der Waals surface area contributed by atoms with Crippen molar-refractivity contribution in [3.8, 4) is 0 Å². The quantitative estimate of drug-likeness (QED) is 0.631. The summed E-state index contributed by atoms with van der Waals surface area (Å²) in [6.45, 7) is 4.02. The molecule has 68 valence electrons. The van der Waals surface area contributed by atoms with Crippen molar-refractivity contribution in [2.24, 2.45) is 5.41 Å². The van der Waals surface area contributed by atoms with Crippen LogP contribution in [0, 0.1) is 5.41 Å². The largest absolute Gasteiger partial charge is 0.342 e. The van der Waals surface area contributed by atoms with Crippen LogP contribution >= 0.6 is 15.9 Å². The van der Waals surface area contributed by atoms with Gasteiger partial charge in [0.05, 0.1) is 5.41 Å². The molecule has 2 atom stereocenters. The molecule has 12 heavy (non-hydrogen) atoms. The summed E-state index contributed by atoms with van der Waals surface area (Å²) in [5, 5.41) is 0. The minimum Gasteiger partial charge on any atom is -0.342 e. The van der Waals surface area contributed by atoms with Crippen LogP contribution in [0.15, 0.2) is 0 Å². The third kappa shape index (κ3) is 1.18. The van der Waals surface area contributed by atoms with Crippen LogP contribution in [-0.2, 0) is 4.79 Å². The summed E-state index contributed by atoms with van der Waals surface area (Å²) < 4.78 is 0. The van der Waals surface area contributed by atoms with Crippen LogP contribution in [0.5, 0.6) is 0 Å². The number of nitrogens with zero attached hydrogens (tertiary/aromatic N) is 1. The Labute approximate surface area is 81.4 Å². The van der Waals surface area contributed by atoms with Gasteiger partial charge in [-0.1, -0.05) is 15.9 Å². The van der Waals surface area contributed by atoms with Gasteiger partial charge in [-0.2, -0.15) is 0 Å².